The third kappa shape index (κ3) is 3.76. The van der Waals surface area contributed by atoms with Crippen molar-refractivity contribution in [2.45, 2.75) is 20.0 Å². The number of carbonyl (C=O) groups excluding carboxylic acids is 2. The maximum Gasteiger partial charge on any atom is 0.387 e. The average Bonchev–Trinajstić information content (AvgIpc) is 2.99. The monoisotopic (exact) mass is 346 g/mol. The summed E-state index contributed by atoms with van der Waals surface area (Å²) in [6.07, 6.45) is 0.704. The minimum atomic E-state index is -2.89. The number of fused-ring (bicyclic) bond motifs is 1. The lowest BCUT2D eigenvalue weighted by atomic mass is 10.1. The van der Waals surface area contributed by atoms with Gasteiger partial charge in [-0.25, -0.2) is 0 Å². The Kier molecular flexibility index (Phi) is 4.65. The maximum absolute atomic E-state index is 12.3. The van der Waals surface area contributed by atoms with Gasteiger partial charge >= 0.3 is 6.61 Å². The first kappa shape index (κ1) is 16.9. The van der Waals surface area contributed by atoms with E-state index in [0.29, 0.717) is 24.2 Å². The van der Waals surface area contributed by atoms with Crippen LogP contribution in [-0.4, -0.2) is 25.0 Å². The smallest absolute Gasteiger partial charge is 0.387 e. The predicted octanol–water partition coefficient (Wildman–Crippen LogP) is 3.45. The van der Waals surface area contributed by atoms with E-state index in [2.05, 4.69) is 10.1 Å². The summed E-state index contributed by atoms with van der Waals surface area (Å²) in [4.78, 5) is 25.6. The zero-order chi connectivity index (χ0) is 18.0. The summed E-state index contributed by atoms with van der Waals surface area (Å²) in [7, 11) is 0. The Labute approximate surface area is 143 Å². The van der Waals surface area contributed by atoms with Crippen molar-refractivity contribution in [1.29, 1.82) is 0 Å². The van der Waals surface area contributed by atoms with Crippen LogP contribution in [0, 0.1) is 0 Å². The van der Waals surface area contributed by atoms with E-state index in [-0.39, 0.29) is 17.6 Å². The quantitative estimate of drug-likeness (QED) is 0.922. The largest absolute Gasteiger partial charge is 0.435 e. The zero-order valence-corrected chi connectivity index (χ0v) is 13.5. The summed E-state index contributed by atoms with van der Waals surface area (Å²) in [5, 5.41) is 2.70. The van der Waals surface area contributed by atoms with E-state index in [1.807, 2.05) is 0 Å². The van der Waals surface area contributed by atoms with E-state index in [9.17, 15) is 18.4 Å². The molecule has 130 valence electrons. The standard InChI is InChI=1S/C18H16F2N2O3/c1-11(23)22-9-8-12-10-13(2-7-16(12)22)17(24)21-14-3-5-15(6-4-14)25-18(19)20/h2-7,10,18H,8-9H2,1H3,(H,21,24). The van der Waals surface area contributed by atoms with Crippen LogP contribution in [0.1, 0.15) is 22.8 Å². The molecule has 1 N–H and O–H groups in total. The Morgan fingerprint density at radius 3 is 2.52 bits per heavy atom. The Hall–Kier alpha value is -2.96. The van der Waals surface area contributed by atoms with Crippen molar-refractivity contribution in [1.82, 2.24) is 0 Å². The van der Waals surface area contributed by atoms with Crippen LogP contribution < -0.4 is 15.0 Å². The van der Waals surface area contributed by atoms with Crippen molar-refractivity contribution in [2.24, 2.45) is 0 Å². The number of halogens is 2. The lowest BCUT2D eigenvalue weighted by Crippen LogP contribution is -2.25. The fourth-order valence-electron chi connectivity index (χ4n) is 2.79. The zero-order valence-electron chi connectivity index (χ0n) is 13.5. The number of hydrogen-bond acceptors (Lipinski definition) is 3. The van der Waals surface area contributed by atoms with E-state index in [1.54, 1.807) is 23.1 Å². The van der Waals surface area contributed by atoms with Crippen molar-refractivity contribution in [3.05, 3.63) is 53.6 Å². The van der Waals surface area contributed by atoms with Crippen LogP contribution in [0.4, 0.5) is 20.2 Å². The van der Waals surface area contributed by atoms with Gasteiger partial charge in [0, 0.05) is 30.4 Å². The summed E-state index contributed by atoms with van der Waals surface area (Å²) in [6.45, 7) is -0.764. The number of alkyl halides is 2. The number of hydrogen-bond donors (Lipinski definition) is 1. The van der Waals surface area contributed by atoms with Gasteiger partial charge < -0.3 is 15.0 Å². The second-order valence-corrected chi connectivity index (χ2v) is 5.62. The molecule has 0 aliphatic carbocycles. The van der Waals surface area contributed by atoms with Crippen molar-refractivity contribution in [3.8, 4) is 5.75 Å². The lowest BCUT2D eigenvalue weighted by Gasteiger charge is -2.14. The maximum atomic E-state index is 12.3. The first-order chi connectivity index (χ1) is 11.9. The second kappa shape index (κ2) is 6.88. The van der Waals surface area contributed by atoms with Gasteiger partial charge in [0.1, 0.15) is 5.75 Å². The molecule has 25 heavy (non-hydrogen) atoms. The Bertz CT molecular complexity index is 806. The summed E-state index contributed by atoms with van der Waals surface area (Å²) in [5.74, 6) is -0.316. The van der Waals surface area contributed by atoms with Gasteiger partial charge in [0.05, 0.1) is 0 Å². The average molecular weight is 346 g/mol. The molecule has 1 heterocycles. The van der Waals surface area contributed by atoms with E-state index in [1.165, 1.54) is 31.2 Å². The molecule has 0 bridgehead atoms. The van der Waals surface area contributed by atoms with Crippen LogP contribution in [0.3, 0.4) is 0 Å². The fourth-order valence-corrected chi connectivity index (χ4v) is 2.79. The number of amides is 2. The van der Waals surface area contributed by atoms with Gasteiger partial charge in [0.25, 0.3) is 5.91 Å². The molecule has 5 nitrogen and oxygen atoms in total. The number of nitrogens with zero attached hydrogens (tertiary/aromatic N) is 1. The summed E-state index contributed by atoms with van der Waals surface area (Å²) in [6, 6.07) is 10.9. The third-order valence-corrected chi connectivity index (χ3v) is 3.95. The van der Waals surface area contributed by atoms with Gasteiger partial charge in [-0.05, 0) is 54.4 Å². The Morgan fingerprint density at radius 2 is 1.88 bits per heavy atom. The number of carbonyl (C=O) groups is 2. The molecule has 0 saturated carbocycles. The second-order valence-electron chi connectivity index (χ2n) is 5.62. The van der Waals surface area contributed by atoms with E-state index in [4.69, 9.17) is 0 Å². The Balaban J connectivity index is 1.71. The van der Waals surface area contributed by atoms with Gasteiger partial charge in [0.15, 0.2) is 0 Å². The first-order valence-electron chi connectivity index (χ1n) is 7.71. The van der Waals surface area contributed by atoms with Crippen LogP contribution in [0.5, 0.6) is 5.75 Å². The minimum absolute atomic E-state index is 0.0230. The van der Waals surface area contributed by atoms with Gasteiger partial charge in [-0.3, -0.25) is 9.59 Å². The summed E-state index contributed by atoms with van der Waals surface area (Å²) < 4.78 is 28.5. The lowest BCUT2D eigenvalue weighted by molar-refractivity contribution is -0.116. The fraction of sp³-hybridized carbons (Fsp3) is 0.222. The normalized spacial score (nSPS) is 12.9. The number of benzene rings is 2. The number of rotatable bonds is 4. The molecule has 0 fully saturated rings. The van der Waals surface area contributed by atoms with Crippen molar-refractivity contribution >= 4 is 23.2 Å². The minimum Gasteiger partial charge on any atom is -0.435 e. The van der Waals surface area contributed by atoms with Crippen LogP contribution in [0.15, 0.2) is 42.5 Å². The highest BCUT2D eigenvalue weighted by Crippen LogP contribution is 2.29. The van der Waals surface area contributed by atoms with Crippen molar-refractivity contribution in [2.75, 3.05) is 16.8 Å². The first-order valence-corrected chi connectivity index (χ1v) is 7.71. The van der Waals surface area contributed by atoms with Gasteiger partial charge in [0.2, 0.25) is 5.91 Å². The third-order valence-electron chi connectivity index (χ3n) is 3.95. The molecule has 0 unspecified atom stereocenters. The summed E-state index contributed by atoms with van der Waals surface area (Å²) in [5.41, 5.74) is 2.72. The number of ether oxygens (including phenoxy) is 1. The molecule has 1 aliphatic rings. The molecule has 0 aromatic heterocycles. The van der Waals surface area contributed by atoms with Crippen LogP contribution >= 0.6 is 0 Å². The van der Waals surface area contributed by atoms with Crippen LogP contribution in [0.25, 0.3) is 0 Å². The number of anilines is 2. The van der Waals surface area contributed by atoms with Gasteiger partial charge in [-0.2, -0.15) is 8.78 Å². The highest BCUT2D eigenvalue weighted by atomic mass is 19.3. The van der Waals surface area contributed by atoms with E-state index in [0.717, 1.165) is 11.3 Å². The van der Waals surface area contributed by atoms with Gasteiger partial charge in [-0.1, -0.05) is 0 Å². The van der Waals surface area contributed by atoms with Crippen LogP contribution in [-0.2, 0) is 11.2 Å². The van der Waals surface area contributed by atoms with E-state index < -0.39 is 6.61 Å². The summed E-state index contributed by atoms with van der Waals surface area (Å²) >= 11 is 0. The molecule has 2 amide bonds. The molecule has 2 aromatic rings. The molecule has 0 atom stereocenters. The molecule has 0 saturated heterocycles. The van der Waals surface area contributed by atoms with Crippen molar-refractivity contribution < 1.29 is 23.1 Å². The van der Waals surface area contributed by atoms with E-state index >= 15 is 0 Å². The SMILES string of the molecule is CC(=O)N1CCc2cc(C(=O)Nc3ccc(OC(F)F)cc3)ccc21. The topological polar surface area (TPSA) is 58.6 Å². The molecule has 0 spiro atoms. The molecule has 0 radical (unpaired) electrons. The van der Waals surface area contributed by atoms with Crippen LogP contribution in [0.2, 0.25) is 0 Å². The molecule has 1 aliphatic heterocycles. The Morgan fingerprint density at radius 1 is 1.16 bits per heavy atom. The molecule has 7 heteroatoms. The van der Waals surface area contributed by atoms with Crippen molar-refractivity contribution in [3.63, 3.8) is 0 Å². The molecule has 3 rings (SSSR count). The number of nitrogens with one attached hydrogen (secondary N) is 1. The molecular weight excluding hydrogens is 330 g/mol. The molecular formula is C18H16F2N2O3. The van der Waals surface area contributed by atoms with Gasteiger partial charge in [-0.15, -0.1) is 0 Å². The highest BCUT2D eigenvalue weighted by molar-refractivity contribution is 6.05. The highest BCUT2D eigenvalue weighted by Gasteiger charge is 2.23. The molecule has 2 aromatic carbocycles. The predicted molar refractivity (Wildman–Crippen MR) is 89.2 cm³/mol.